The molecule has 0 saturated heterocycles. The predicted molar refractivity (Wildman–Crippen MR) is 73.4 cm³/mol. The maximum absolute atomic E-state index is 12.0. The van der Waals surface area contributed by atoms with Gasteiger partial charge < -0.3 is 5.32 Å². The van der Waals surface area contributed by atoms with Gasteiger partial charge in [0.05, 0.1) is 26.6 Å². The number of amides is 1. The Morgan fingerprint density at radius 1 is 1.33 bits per heavy atom. The number of anilines is 1. The van der Waals surface area contributed by atoms with Crippen LogP contribution in [0.2, 0.25) is 4.34 Å². The van der Waals surface area contributed by atoms with Crippen LogP contribution in [0.25, 0.3) is 10.9 Å². The lowest BCUT2D eigenvalue weighted by Crippen LogP contribution is -2.10. The van der Waals surface area contributed by atoms with Gasteiger partial charge in [-0.05, 0) is 18.2 Å². The van der Waals surface area contributed by atoms with Crippen LogP contribution >= 0.6 is 22.9 Å². The van der Waals surface area contributed by atoms with Crippen molar-refractivity contribution in [1.82, 2.24) is 10.2 Å². The molecule has 0 aliphatic heterocycles. The number of rotatable bonds is 2. The van der Waals surface area contributed by atoms with E-state index < -0.39 is 0 Å². The summed E-state index contributed by atoms with van der Waals surface area (Å²) < 4.78 is 0.597. The Morgan fingerprint density at radius 2 is 2.22 bits per heavy atom. The monoisotopic (exact) mass is 277 g/mol. The molecule has 90 valence electrons. The Balaban J connectivity index is 1.92. The second-order valence-corrected chi connectivity index (χ2v) is 5.41. The van der Waals surface area contributed by atoms with Gasteiger partial charge in [0.15, 0.2) is 0 Å². The first-order valence-electron chi connectivity index (χ1n) is 5.23. The maximum atomic E-state index is 12.0. The van der Waals surface area contributed by atoms with Crippen molar-refractivity contribution in [2.24, 2.45) is 0 Å². The highest BCUT2D eigenvalue weighted by molar-refractivity contribution is 7.18. The largest absolute Gasteiger partial charge is 0.319 e. The molecule has 0 aliphatic rings. The van der Waals surface area contributed by atoms with E-state index >= 15 is 0 Å². The van der Waals surface area contributed by atoms with Crippen molar-refractivity contribution in [2.45, 2.75) is 0 Å². The lowest BCUT2D eigenvalue weighted by molar-refractivity contribution is 0.103. The highest BCUT2D eigenvalue weighted by Crippen LogP contribution is 2.24. The fraction of sp³-hybridized carbons (Fsp3) is 0. The number of para-hydroxylation sites is 1. The summed E-state index contributed by atoms with van der Waals surface area (Å²) in [4.78, 5) is 12.6. The van der Waals surface area contributed by atoms with Crippen molar-refractivity contribution in [1.29, 1.82) is 0 Å². The Labute approximate surface area is 112 Å². The Hall–Kier alpha value is -1.85. The number of fused-ring (bicyclic) bond motifs is 1. The normalized spacial score (nSPS) is 10.7. The molecule has 6 heteroatoms. The van der Waals surface area contributed by atoms with Gasteiger partial charge in [-0.25, -0.2) is 0 Å². The molecule has 4 nitrogen and oxygen atoms in total. The third-order valence-electron chi connectivity index (χ3n) is 2.52. The summed E-state index contributed by atoms with van der Waals surface area (Å²) in [6.45, 7) is 0. The zero-order chi connectivity index (χ0) is 12.5. The van der Waals surface area contributed by atoms with Crippen LogP contribution in [0.1, 0.15) is 9.67 Å². The topological polar surface area (TPSA) is 57.8 Å². The second-order valence-electron chi connectivity index (χ2n) is 3.70. The standard InChI is InChI=1S/C12H8ClN3OS/c13-10-5-4-9(18-10)12(17)15-8-3-1-2-7-6-14-16-11(7)8/h1-6H,(H,14,16)(H,15,17). The van der Waals surface area contributed by atoms with Crippen LogP contribution in [0.5, 0.6) is 0 Å². The number of carbonyl (C=O) groups excluding carboxylic acids is 1. The summed E-state index contributed by atoms with van der Waals surface area (Å²) in [5.74, 6) is -0.172. The quantitative estimate of drug-likeness (QED) is 0.753. The van der Waals surface area contributed by atoms with Crippen LogP contribution in [0.4, 0.5) is 5.69 Å². The first-order valence-corrected chi connectivity index (χ1v) is 6.42. The van der Waals surface area contributed by atoms with Crippen LogP contribution in [0.15, 0.2) is 36.5 Å². The number of benzene rings is 1. The van der Waals surface area contributed by atoms with E-state index in [1.807, 2.05) is 18.2 Å². The number of aromatic nitrogens is 2. The van der Waals surface area contributed by atoms with Crippen LogP contribution in [0, 0.1) is 0 Å². The van der Waals surface area contributed by atoms with Crippen LogP contribution in [-0.4, -0.2) is 16.1 Å². The lowest BCUT2D eigenvalue weighted by atomic mass is 10.2. The molecule has 0 saturated carbocycles. The van der Waals surface area contributed by atoms with Gasteiger partial charge in [-0.15, -0.1) is 11.3 Å². The van der Waals surface area contributed by atoms with E-state index in [0.717, 1.165) is 10.9 Å². The number of H-pyrrole nitrogens is 1. The van der Waals surface area contributed by atoms with E-state index in [-0.39, 0.29) is 5.91 Å². The van der Waals surface area contributed by atoms with Gasteiger partial charge in [0, 0.05) is 5.39 Å². The highest BCUT2D eigenvalue weighted by atomic mass is 35.5. The Morgan fingerprint density at radius 3 is 3.00 bits per heavy atom. The van der Waals surface area contributed by atoms with Gasteiger partial charge in [0.1, 0.15) is 0 Å². The molecular weight excluding hydrogens is 270 g/mol. The maximum Gasteiger partial charge on any atom is 0.265 e. The van der Waals surface area contributed by atoms with Gasteiger partial charge in [-0.1, -0.05) is 23.7 Å². The Kier molecular flexibility index (Phi) is 2.77. The first kappa shape index (κ1) is 11.3. The van der Waals surface area contributed by atoms with Crippen LogP contribution < -0.4 is 5.32 Å². The summed E-state index contributed by atoms with van der Waals surface area (Å²) in [5.41, 5.74) is 1.52. The number of thiophene rings is 1. The van der Waals surface area contributed by atoms with Crippen LogP contribution in [0.3, 0.4) is 0 Å². The van der Waals surface area contributed by atoms with Crippen molar-refractivity contribution in [3.8, 4) is 0 Å². The third kappa shape index (κ3) is 1.98. The zero-order valence-corrected chi connectivity index (χ0v) is 10.7. The number of hydrogen-bond acceptors (Lipinski definition) is 3. The molecule has 0 radical (unpaired) electrons. The summed E-state index contributed by atoms with van der Waals surface area (Å²) in [5, 5.41) is 10.6. The van der Waals surface area contributed by atoms with E-state index in [1.54, 1.807) is 18.3 Å². The van der Waals surface area contributed by atoms with Gasteiger partial charge in [-0.3, -0.25) is 9.89 Å². The molecule has 0 bridgehead atoms. The number of aromatic amines is 1. The minimum absolute atomic E-state index is 0.172. The SMILES string of the molecule is O=C(Nc1cccc2cn[nH]c12)c1ccc(Cl)s1. The van der Waals surface area contributed by atoms with Gasteiger partial charge in [0.25, 0.3) is 5.91 Å². The minimum Gasteiger partial charge on any atom is -0.319 e. The molecule has 0 spiro atoms. The van der Waals surface area contributed by atoms with E-state index in [0.29, 0.717) is 14.9 Å². The van der Waals surface area contributed by atoms with Gasteiger partial charge >= 0.3 is 0 Å². The predicted octanol–water partition coefficient (Wildman–Crippen LogP) is 3.53. The number of carbonyl (C=O) groups is 1. The molecule has 18 heavy (non-hydrogen) atoms. The molecule has 0 fully saturated rings. The number of nitrogens with one attached hydrogen (secondary N) is 2. The zero-order valence-electron chi connectivity index (χ0n) is 9.11. The van der Waals surface area contributed by atoms with Crippen molar-refractivity contribution in [3.05, 3.63) is 45.7 Å². The van der Waals surface area contributed by atoms with Gasteiger partial charge in [-0.2, -0.15) is 5.10 Å². The number of hydrogen-bond donors (Lipinski definition) is 2. The van der Waals surface area contributed by atoms with Gasteiger partial charge in [0.2, 0.25) is 0 Å². The summed E-state index contributed by atoms with van der Waals surface area (Å²) in [7, 11) is 0. The third-order valence-corrected chi connectivity index (χ3v) is 3.75. The molecule has 3 rings (SSSR count). The molecule has 0 unspecified atom stereocenters. The number of halogens is 1. The number of nitrogens with zero attached hydrogens (tertiary/aromatic N) is 1. The molecular formula is C12H8ClN3OS. The van der Waals surface area contributed by atoms with Crippen molar-refractivity contribution in [2.75, 3.05) is 5.32 Å². The average Bonchev–Trinajstić information content (AvgIpc) is 2.97. The van der Waals surface area contributed by atoms with Crippen molar-refractivity contribution < 1.29 is 4.79 Å². The van der Waals surface area contributed by atoms with Crippen molar-refractivity contribution >= 4 is 45.4 Å². The van der Waals surface area contributed by atoms with E-state index in [4.69, 9.17) is 11.6 Å². The molecule has 3 aromatic rings. The summed E-state index contributed by atoms with van der Waals surface area (Å²) in [6, 6.07) is 9.03. The first-order chi connectivity index (χ1) is 8.74. The summed E-state index contributed by atoms with van der Waals surface area (Å²) >= 11 is 7.06. The highest BCUT2D eigenvalue weighted by Gasteiger charge is 2.11. The minimum atomic E-state index is -0.172. The average molecular weight is 278 g/mol. The Bertz CT molecular complexity index is 719. The smallest absolute Gasteiger partial charge is 0.265 e. The molecule has 0 atom stereocenters. The van der Waals surface area contributed by atoms with E-state index in [2.05, 4.69) is 15.5 Å². The molecule has 1 amide bonds. The fourth-order valence-corrected chi connectivity index (χ4v) is 2.63. The molecule has 2 heterocycles. The summed E-state index contributed by atoms with van der Waals surface area (Å²) in [6.07, 6.45) is 1.72. The molecule has 1 aromatic carbocycles. The van der Waals surface area contributed by atoms with E-state index in [9.17, 15) is 4.79 Å². The molecule has 2 N–H and O–H groups in total. The lowest BCUT2D eigenvalue weighted by Gasteiger charge is -2.04. The van der Waals surface area contributed by atoms with Crippen LogP contribution in [-0.2, 0) is 0 Å². The fourth-order valence-electron chi connectivity index (χ4n) is 1.69. The molecule has 0 aliphatic carbocycles. The van der Waals surface area contributed by atoms with E-state index in [1.165, 1.54) is 11.3 Å². The molecule has 2 aromatic heterocycles. The van der Waals surface area contributed by atoms with Crippen molar-refractivity contribution in [3.63, 3.8) is 0 Å². The second kappa shape index (κ2) is 4.44.